The van der Waals surface area contributed by atoms with Gasteiger partial charge in [0, 0.05) is 22.7 Å². The van der Waals surface area contributed by atoms with Crippen LogP contribution in [0.25, 0.3) is 6.08 Å². The van der Waals surface area contributed by atoms with Crippen LogP contribution in [0.15, 0.2) is 22.9 Å². The summed E-state index contributed by atoms with van der Waals surface area (Å²) in [6.07, 6.45) is 18.2. The van der Waals surface area contributed by atoms with E-state index < -0.39 is 12.0 Å². The van der Waals surface area contributed by atoms with Crippen LogP contribution >= 0.6 is 23.1 Å². The van der Waals surface area contributed by atoms with Gasteiger partial charge < -0.3 is 16.2 Å². The number of thioether (sulfide) groups is 1. The molecule has 186 valence electrons. The number of hydrogen-bond acceptors (Lipinski definition) is 7. The molecule has 7 nitrogen and oxygen atoms in total. The Morgan fingerprint density at radius 3 is 2.26 bits per heavy atom. The number of aromatic nitrogens is 1. The Hall–Kier alpha value is -1.68. The first-order valence-corrected chi connectivity index (χ1v) is 14.4. The maximum atomic E-state index is 11.8. The molecule has 1 unspecified atom stereocenters. The van der Waals surface area contributed by atoms with Crippen LogP contribution in [0.5, 0.6) is 0 Å². The summed E-state index contributed by atoms with van der Waals surface area (Å²) in [5.74, 6) is -0.899. The standard InChI is InChI=1S/C13H13N3O3S2.C12H23N/c1-6-8(21-5-15-6)3-2-7-4-20-12-9(14)11(17)16(12)10(7)13(18)19;1-3-7-11(8-4-1)13-12-9-5-2-6-10-12/h2-3,5,9,12H,4,14H2,1H3,(H,18,19);11-13H,1-10H2/b3-2-;/t9?,12-;/m0./s1. The Morgan fingerprint density at radius 1 is 1.12 bits per heavy atom. The van der Waals surface area contributed by atoms with Crippen LogP contribution in [-0.4, -0.2) is 56.1 Å². The molecule has 2 aliphatic heterocycles. The summed E-state index contributed by atoms with van der Waals surface area (Å²) < 4.78 is 0. The zero-order valence-corrected chi connectivity index (χ0v) is 21.5. The lowest BCUT2D eigenvalue weighted by molar-refractivity contribution is -0.147. The number of carbonyl (C=O) groups is 2. The molecule has 3 heterocycles. The van der Waals surface area contributed by atoms with Crippen LogP contribution in [0, 0.1) is 6.92 Å². The van der Waals surface area contributed by atoms with E-state index in [1.807, 2.05) is 13.0 Å². The monoisotopic (exact) mass is 504 g/mol. The number of carboxylic acid groups (broad SMARTS) is 1. The van der Waals surface area contributed by atoms with Crippen LogP contribution in [-0.2, 0) is 9.59 Å². The Labute approximate surface area is 210 Å². The SMILES string of the molecule is C1CCC(NC2CCCCC2)CC1.Cc1ncsc1/C=C\C1=C(C(=O)O)N2C(=O)C(N)[C@@H]2SC1. The number of amides is 1. The molecule has 1 aromatic heterocycles. The van der Waals surface area contributed by atoms with Crippen molar-refractivity contribution in [3.8, 4) is 0 Å². The minimum Gasteiger partial charge on any atom is -0.477 e. The largest absolute Gasteiger partial charge is 0.477 e. The van der Waals surface area contributed by atoms with E-state index in [9.17, 15) is 14.7 Å². The number of nitrogens with one attached hydrogen (secondary N) is 1. The Bertz CT molecular complexity index is 916. The van der Waals surface area contributed by atoms with E-state index in [0.29, 0.717) is 11.3 Å². The zero-order valence-electron chi connectivity index (χ0n) is 19.9. The maximum Gasteiger partial charge on any atom is 0.352 e. The number of carboxylic acids is 1. The van der Waals surface area contributed by atoms with E-state index in [0.717, 1.165) is 22.7 Å². The molecule has 0 aromatic carbocycles. The summed E-state index contributed by atoms with van der Waals surface area (Å²) in [5.41, 5.74) is 9.01. The fourth-order valence-corrected chi connectivity index (χ4v) is 7.15. The number of aryl methyl sites for hydroxylation is 1. The average molecular weight is 505 g/mol. The first-order chi connectivity index (χ1) is 16.5. The second-order valence-corrected chi connectivity index (χ2v) is 11.6. The van der Waals surface area contributed by atoms with Gasteiger partial charge in [0.2, 0.25) is 5.91 Å². The molecule has 0 bridgehead atoms. The molecular formula is C25H36N4O3S2. The van der Waals surface area contributed by atoms with Gasteiger partial charge in [-0.15, -0.1) is 23.1 Å². The van der Waals surface area contributed by atoms with Gasteiger partial charge in [-0.05, 0) is 44.3 Å². The molecule has 3 fully saturated rings. The van der Waals surface area contributed by atoms with Gasteiger partial charge in [-0.3, -0.25) is 9.69 Å². The first-order valence-electron chi connectivity index (χ1n) is 12.5. The fourth-order valence-electron chi connectivity index (χ4n) is 5.19. The minimum absolute atomic E-state index is 0.0452. The third kappa shape index (κ3) is 5.93. The normalized spacial score (nSPS) is 26.2. The van der Waals surface area contributed by atoms with Crippen LogP contribution in [0.4, 0.5) is 0 Å². The van der Waals surface area contributed by atoms with Crippen LogP contribution < -0.4 is 11.1 Å². The predicted octanol–water partition coefficient (Wildman–Crippen LogP) is 4.29. The first kappa shape index (κ1) is 25.4. The number of carbonyl (C=O) groups excluding carboxylic acids is 1. The summed E-state index contributed by atoms with van der Waals surface area (Å²) in [5, 5.41) is 13.0. The molecule has 2 aliphatic carbocycles. The average Bonchev–Trinajstić information content (AvgIpc) is 3.27. The quantitative estimate of drug-likeness (QED) is 0.513. The lowest BCUT2D eigenvalue weighted by atomic mass is 9.91. The van der Waals surface area contributed by atoms with E-state index in [4.69, 9.17) is 5.73 Å². The van der Waals surface area contributed by atoms with Crippen molar-refractivity contribution in [1.29, 1.82) is 0 Å². The number of β-lactam (4-membered cyclic amide) rings is 1. The Kier molecular flexibility index (Phi) is 8.85. The molecule has 2 atom stereocenters. The van der Waals surface area contributed by atoms with E-state index in [1.54, 1.807) is 11.6 Å². The van der Waals surface area contributed by atoms with Crippen molar-refractivity contribution < 1.29 is 14.7 Å². The number of thiazole rings is 1. The second-order valence-electron chi connectivity index (χ2n) is 9.59. The topological polar surface area (TPSA) is 109 Å². The van der Waals surface area contributed by atoms with Crippen LogP contribution in [0.2, 0.25) is 0 Å². The highest BCUT2D eigenvalue weighted by Crippen LogP contribution is 2.40. The fraction of sp³-hybridized carbons (Fsp3) is 0.640. The highest BCUT2D eigenvalue weighted by molar-refractivity contribution is 8.00. The van der Waals surface area contributed by atoms with Crippen LogP contribution in [0.3, 0.4) is 0 Å². The summed E-state index contributed by atoms with van der Waals surface area (Å²) in [4.78, 5) is 29.7. The third-order valence-corrected chi connectivity index (χ3v) is 9.36. The number of fused-ring (bicyclic) bond motifs is 1. The van der Waals surface area contributed by atoms with Gasteiger partial charge in [-0.2, -0.15) is 0 Å². The van der Waals surface area contributed by atoms with Crippen molar-refractivity contribution >= 4 is 41.1 Å². The molecule has 9 heteroatoms. The number of hydrogen-bond donors (Lipinski definition) is 3. The molecule has 1 saturated heterocycles. The van der Waals surface area contributed by atoms with Crippen molar-refractivity contribution in [2.75, 3.05) is 5.75 Å². The Morgan fingerprint density at radius 2 is 1.74 bits per heavy atom. The summed E-state index contributed by atoms with van der Waals surface area (Å²) in [7, 11) is 0. The molecular weight excluding hydrogens is 468 g/mol. The van der Waals surface area contributed by atoms with Gasteiger partial charge in [-0.1, -0.05) is 44.6 Å². The maximum absolute atomic E-state index is 11.8. The number of nitrogens with zero attached hydrogens (tertiary/aromatic N) is 2. The summed E-state index contributed by atoms with van der Waals surface area (Å²) in [6, 6.07) is 1.15. The second kappa shape index (κ2) is 11.8. The molecule has 2 saturated carbocycles. The number of allylic oxidation sites excluding steroid dienone is 1. The number of aliphatic carboxylic acids is 1. The van der Waals surface area contributed by atoms with Gasteiger partial charge in [0.1, 0.15) is 17.1 Å². The van der Waals surface area contributed by atoms with Crippen molar-refractivity contribution in [3.05, 3.63) is 33.4 Å². The third-order valence-electron chi connectivity index (χ3n) is 7.14. The summed E-state index contributed by atoms with van der Waals surface area (Å²) >= 11 is 2.98. The van der Waals surface area contributed by atoms with Crippen molar-refractivity contribution in [2.24, 2.45) is 5.73 Å². The summed E-state index contributed by atoms with van der Waals surface area (Å²) in [6.45, 7) is 1.90. The predicted molar refractivity (Wildman–Crippen MR) is 138 cm³/mol. The molecule has 5 rings (SSSR count). The van der Waals surface area contributed by atoms with Gasteiger partial charge in [0.05, 0.1) is 11.2 Å². The van der Waals surface area contributed by atoms with Gasteiger partial charge in [0.25, 0.3) is 0 Å². The van der Waals surface area contributed by atoms with E-state index >= 15 is 0 Å². The van der Waals surface area contributed by atoms with Crippen molar-refractivity contribution in [3.63, 3.8) is 0 Å². The molecule has 4 aliphatic rings. The number of rotatable bonds is 5. The van der Waals surface area contributed by atoms with E-state index in [2.05, 4.69) is 10.3 Å². The van der Waals surface area contributed by atoms with E-state index in [1.165, 1.54) is 92.2 Å². The molecule has 4 N–H and O–H groups in total. The molecule has 1 aromatic rings. The highest BCUT2D eigenvalue weighted by atomic mass is 32.2. The zero-order chi connectivity index (χ0) is 24.1. The smallest absolute Gasteiger partial charge is 0.352 e. The van der Waals surface area contributed by atoms with Gasteiger partial charge in [0.15, 0.2) is 0 Å². The van der Waals surface area contributed by atoms with E-state index in [-0.39, 0.29) is 17.0 Å². The van der Waals surface area contributed by atoms with Gasteiger partial charge >= 0.3 is 5.97 Å². The molecule has 0 spiro atoms. The van der Waals surface area contributed by atoms with Crippen molar-refractivity contribution in [1.82, 2.24) is 15.2 Å². The minimum atomic E-state index is -1.10. The molecule has 34 heavy (non-hydrogen) atoms. The number of nitrogens with two attached hydrogens (primary N) is 1. The lowest BCUT2D eigenvalue weighted by Crippen LogP contribution is -2.68. The highest BCUT2D eigenvalue weighted by Gasteiger charge is 2.51. The van der Waals surface area contributed by atoms with Crippen molar-refractivity contribution in [2.45, 2.75) is 94.6 Å². The molecule has 0 radical (unpaired) electrons. The molecule has 1 amide bonds. The Balaban J connectivity index is 0.000000180. The lowest BCUT2D eigenvalue weighted by Gasteiger charge is -2.47. The van der Waals surface area contributed by atoms with Crippen LogP contribution in [0.1, 0.15) is 74.8 Å². The van der Waals surface area contributed by atoms with Gasteiger partial charge in [-0.25, -0.2) is 9.78 Å².